The van der Waals surface area contributed by atoms with E-state index in [0.717, 1.165) is 21.6 Å². The van der Waals surface area contributed by atoms with Crippen LogP contribution in [0.15, 0.2) is 18.2 Å². The third-order valence-electron chi connectivity index (χ3n) is 1.44. The predicted molar refractivity (Wildman–Crippen MR) is 55.1 cm³/mol. The monoisotopic (exact) mass is 275 g/mol. The summed E-state index contributed by atoms with van der Waals surface area (Å²) >= 11 is 2.23. The van der Waals surface area contributed by atoms with Crippen molar-refractivity contribution in [2.24, 2.45) is 0 Å². The normalized spacial score (nSPS) is 10.0. The van der Waals surface area contributed by atoms with Crippen LogP contribution in [0.1, 0.15) is 5.56 Å². The third kappa shape index (κ3) is 2.48. The summed E-state index contributed by atoms with van der Waals surface area (Å²) in [7, 11) is 3.38. The maximum Gasteiger partial charge on any atom is 0.118 e. The Hall–Kier alpha value is -0.0331. The number of phenolic OH excluding ortho intramolecular Hbond substituents is 1. The van der Waals surface area contributed by atoms with Gasteiger partial charge in [0.2, 0.25) is 0 Å². The van der Waals surface area contributed by atoms with Gasteiger partial charge < -0.3 is 5.11 Å². The summed E-state index contributed by atoms with van der Waals surface area (Å²) in [4.78, 5) is 0. The van der Waals surface area contributed by atoms with Crippen LogP contribution >= 0.6 is 22.6 Å². The first kappa shape index (κ1) is 9.06. The molecule has 0 amide bonds. The van der Waals surface area contributed by atoms with Crippen molar-refractivity contribution in [3.63, 3.8) is 0 Å². The molecule has 0 spiro atoms. The molecule has 57 valence electrons. The minimum absolute atomic E-state index is 0.392. The number of rotatable bonds is 2. The van der Waals surface area contributed by atoms with Crippen molar-refractivity contribution >= 4 is 32.8 Å². The van der Waals surface area contributed by atoms with E-state index in [0.29, 0.717) is 5.75 Å². The first-order chi connectivity index (χ1) is 5.24. The molecule has 3 radical (unpaired) electrons. The van der Waals surface area contributed by atoms with Crippen LogP contribution in [0.4, 0.5) is 0 Å². The summed E-state index contributed by atoms with van der Waals surface area (Å²) in [5.41, 5.74) is 1.01. The SMILES string of the molecule is Oc1ccc(I)cc1CC[Si]. The molecule has 0 fully saturated rings. The van der Waals surface area contributed by atoms with Gasteiger partial charge in [-0.3, -0.25) is 0 Å². The maximum atomic E-state index is 9.34. The molecule has 3 heteroatoms. The minimum Gasteiger partial charge on any atom is -0.508 e. The molecule has 1 nitrogen and oxygen atoms in total. The maximum absolute atomic E-state index is 9.34. The molecule has 1 rings (SSSR count). The highest BCUT2D eigenvalue weighted by Crippen LogP contribution is 2.20. The largest absolute Gasteiger partial charge is 0.508 e. The van der Waals surface area contributed by atoms with E-state index < -0.39 is 0 Å². The van der Waals surface area contributed by atoms with Crippen molar-refractivity contribution in [1.29, 1.82) is 0 Å². The second kappa shape index (κ2) is 4.11. The molecular weight excluding hydrogens is 267 g/mol. The zero-order chi connectivity index (χ0) is 8.27. The van der Waals surface area contributed by atoms with Crippen molar-refractivity contribution in [1.82, 2.24) is 0 Å². The molecule has 1 aromatic carbocycles. The van der Waals surface area contributed by atoms with E-state index in [4.69, 9.17) is 0 Å². The third-order valence-corrected chi connectivity index (χ3v) is 2.36. The molecule has 1 aromatic rings. The summed E-state index contributed by atoms with van der Waals surface area (Å²) in [6, 6.07) is 6.51. The summed E-state index contributed by atoms with van der Waals surface area (Å²) in [5, 5.41) is 9.34. The van der Waals surface area contributed by atoms with Crippen LogP contribution in [0, 0.1) is 3.57 Å². The Morgan fingerprint density at radius 2 is 2.18 bits per heavy atom. The van der Waals surface area contributed by atoms with Crippen LogP contribution in [0.5, 0.6) is 5.75 Å². The number of halogens is 1. The molecule has 0 aliphatic heterocycles. The summed E-state index contributed by atoms with van der Waals surface area (Å²) < 4.78 is 1.16. The van der Waals surface area contributed by atoms with E-state index in [1.165, 1.54) is 0 Å². The summed E-state index contributed by atoms with van der Waals surface area (Å²) in [6.07, 6.45) is 0.875. The van der Waals surface area contributed by atoms with E-state index in [1.54, 1.807) is 6.07 Å². The lowest BCUT2D eigenvalue weighted by Crippen LogP contribution is -1.85. The van der Waals surface area contributed by atoms with Gasteiger partial charge in [-0.25, -0.2) is 0 Å². The molecule has 0 unspecified atom stereocenters. The first-order valence-corrected chi connectivity index (χ1v) is 5.14. The number of aryl methyl sites for hydroxylation is 1. The van der Waals surface area contributed by atoms with Crippen LogP contribution in [0.3, 0.4) is 0 Å². The molecule has 0 atom stereocenters. The molecule has 0 aliphatic rings. The molecule has 0 aromatic heterocycles. The van der Waals surface area contributed by atoms with E-state index in [2.05, 4.69) is 32.8 Å². The van der Waals surface area contributed by atoms with Crippen LogP contribution < -0.4 is 0 Å². The van der Waals surface area contributed by atoms with Gasteiger partial charge in [-0.1, -0.05) is 6.04 Å². The number of aromatic hydroxyl groups is 1. The lowest BCUT2D eigenvalue weighted by atomic mass is 10.1. The Balaban J connectivity index is 2.93. The molecule has 0 heterocycles. The van der Waals surface area contributed by atoms with Crippen molar-refractivity contribution in [2.75, 3.05) is 0 Å². The zero-order valence-corrected chi connectivity index (χ0v) is 9.13. The fourth-order valence-electron chi connectivity index (χ4n) is 0.889. The second-order valence-corrected chi connectivity index (χ2v) is 4.02. The Labute approximate surface area is 83.4 Å². The lowest BCUT2D eigenvalue weighted by molar-refractivity contribution is 0.468. The first-order valence-electron chi connectivity index (χ1n) is 3.36. The molecule has 0 saturated carbocycles. The molecular formula is C8H8IOSi. The molecule has 1 N–H and O–H groups in total. The number of hydrogen-bond acceptors (Lipinski definition) is 1. The second-order valence-electron chi connectivity index (χ2n) is 2.27. The van der Waals surface area contributed by atoms with Gasteiger partial charge >= 0.3 is 0 Å². The van der Waals surface area contributed by atoms with Crippen molar-refractivity contribution in [3.05, 3.63) is 27.3 Å². The molecule has 11 heavy (non-hydrogen) atoms. The van der Waals surface area contributed by atoms with Gasteiger partial charge in [0.15, 0.2) is 0 Å². The Morgan fingerprint density at radius 1 is 1.45 bits per heavy atom. The quantitative estimate of drug-likeness (QED) is 0.647. The van der Waals surface area contributed by atoms with Gasteiger partial charge in [0, 0.05) is 13.8 Å². The number of benzene rings is 1. The molecule has 0 saturated heterocycles. The average Bonchev–Trinajstić information content (AvgIpc) is 1.98. The highest BCUT2D eigenvalue weighted by atomic mass is 127. The number of phenols is 1. The smallest absolute Gasteiger partial charge is 0.118 e. The highest BCUT2D eigenvalue weighted by Gasteiger charge is 1.99. The van der Waals surface area contributed by atoms with Crippen molar-refractivity contribution in [2.45, 2.75) is 12.5 Å². The standard InChI is InChI=1S/C8H8IOSi/c9-7-1-2-8(10)6(5-7)3-4-11/h1-2,5,10H,3-4H2. The van der Waals surface area contributed by atoms with Crippen molar-refractivity contribution in [3.8, 4) is 5.75 Å². The Kier molecular flexibility index (Phi) is 3.38. The zero-order valence-electron chi connectivity index (χ0n) is 5.97. The van der Waals surface area contributed by atoms with Crippen LogP contribution in [-0.2, 0) is 6.42 Å². The Bertz CT molecular complexity index is 250. The predicted octanol–water partition coefficient (Wildman–Crippen LogP) is 2.13. The summed E-state index contributed by atoms with van der Waals surface area (Å²) in [5.74, 6) is 0.392. The van der Waals surface area contributed by atoms with E-state index in [9.17, 15) is 5.11 Å². The van der Waals surface area contributed by atoms with E-state index in [-0.39, 0.29) is 0 Å². The van der Waals surface area contributed by atoms with E-state index >= 15 is 0 Å². The van der Waals surface area contributed by atoms with Crippen molar-refractivity contribution < 1.29 is 5.11 Å². The molecule has 0 bridgehead atoms. The van der Waals surface area contributed by atoms with Gasteiger partial charge in [0.1, 0.15) is 5.75 Å². The number of hydrogen-bond donors (Lipinski definition) is 1. The average molecular weight is 275 g/mol. The van der Waals surface area contributed by atoms with Gasteiger partial charge in [-0.2, -0.15) is 0 Å². The van der Waals surface area contributed by atoms with Gasteiger partial charge in [0.05, 0.1) is 0 Å². The lowest BCUT2D eigenvalue weighted by Gasteiger charge is -2.02. The van der Waals surface area contributed by atoms with Crippen LogP contribution in [-0.4, -0.2) is 15.3 Å². The van der Waals surface area contributed by atoms with Crippen LogP contribution in [0.2, 0.25) is 6.04 Å². The van der Waals surface area contributed by atoms with E-state index in [1.807, 2.05) is 12.1 Å². The van der Waals surface area contributed by atoms with Gasteiger partial charge in [0.25, 0.3) is 0 Å². The fraction of sp³-hybridized carbons (Fsp3) is 0.250. The summed E-state index contributed by atoms with van der Waals surface area (Å²) in [6.45, 7) is 0. The topological polar surface area (TPSA) is 20.2 Å². The van der Waals surface area contributed by atoms with Gasteiger partial charge in [-0.15, -0.1) is 0 Å². The van der Waals surface area contributed by atoms with Crippen LogP contribution in [0.25, 0.3) is 0 Å². The Morgan fingerprint density at radius 3 is 2.82 bits per heavy atom. The highest BCUT2D eigenvalue weighted by molar-refractivity contribution is 14.1. The fourth-order valence-corrected chi connectivity index (χ4v) is 1.71. The van der Waals surface area contributed by atoms with Gasteiger partial charge in [-0.05, 0) is 52.8 Å². The molecule has 0 aliphatic carbocycles. The minimum atomic E-state index is 0.392.